The molecule has 0 fully saturated rings. The number of rotatable bonds is 7. The van der Waals surface area contributed by atoms with E-state index in [2.05, 4.69) is 5.32 Å². The Morgan fingerprint density at radius 1 is 1.11 bits per heavy atom. The summed E-state index contributed by atoms with van der Waals surface area (Å²) < 4.78 is 63.6. The second kappa shape index (κ2) is 8.42. The highest BCUT2D eigenvalue weighted by atomic mass is 32.2. The number of methoxy groups -OCH3 is 2. The predicted octanol–water partition coefficient (Wildman–Crippen LogP) is 3.02. The Bertz CT molecular complexity index is 975. The van der Waals surface area contributed by atoms with E-state index in [4.69, 9.17) is 9.47 Å². The number of ether oxygens (including phenoxy) is 2. The van der Waals surface area contributed by atoms with Crippen LogP contribution >= 0.6 is 0 Å². The van der Waals surface area contributed by atoms with Gasteiger partial charge in [-0.3, -0.25) is 9.10 Å². The number of nitrogens with zero attached hydrogens (tertiary/aromatic N) is 1. The van der Waals surface area contributed by atoms with Crippen LogP contribution in [-0.2, 0) is 10.0 Å². The van der Waals surface area contributed by atoms with E-state index in [1.54, 1.807) is 0 Å². The molecule has 7 nitrogen and oxygen atoms in total. The van der Waals surface area contributed by atoms with Crippen LogP contribution in [0.15, 0.2) is 30.3 Å². The first-order valence-electron chi connectivity index (χ1n) is 8.14. The van der Waals surface area contributed by atoms with Gasteiger partial charge < -0.3 is 14.8 Å². The highest BCUT2D eigenvalue weighted by molar-refractivity contribution is 7.92. The fraction of sp³-hybridized carbons (Fsp3) is 0.278. The Balaban J connectivity index is 2.62. The van der Waals surface area contributed by atoms with Crippen LogP contribution in [0, 0.1) is 11.6 Å². The average molecular weight is 414 g/mol. The van der Waals surface area contributed by atoms with Crippen molar-refractivity contribution in [3.05, 3.63) is 47.5 Å². The highest BCUT2D eigenvalue weighted by Gasteiger charge is 2.26. The summed E-state index contributed by atoms with van der Waals surface area (Å²) in [5.74, 6) is -2.74. The molecule has 2 rings (SSSR count). The van der Waals surface area contributed by atoms with Crippen molar-refractivity contribution in [1.82, 2.24) is 0 Å². The SMILES string of the molecule is CCS(=O)(=O)N(C)c1cc(OC)c(OC)cc1C(=O)Nc1c(F)cccc1F. The van der Waals surface area contributed by atoms with Crippen molar-refractivity contribution in [2.75, 3.05) is 36.6 Å². The molecule has 0 aliphatic rings. The molecule has 0 aliphatic heterocycles. The summed E-state index contributed by atoms with van der Waals surface area (Å²) in [7, 11) is 0.219. The molecule has 28 heavy (non-hydrogen) atoms. The highest BCUT2D eigenvalue weighted by Crippen LogP contribution is 2.36. The average Bonchev–Trinajstić information content (AvgIpc) is 2.68. The Morgan fingerprint density at radius 3 is 2.14 bits per heavy atom. The lowest BCUT2D eigenvalue weighted by atomic mass is 10.1. The van der Waals surface area contributed by atoms with Gasteiger partial charge in [0.1, 0.15) is 17.3 Å². The summed E-state index contributed by atoms with van der Waals surface area (Å²) in [5.41, 5.74) is -0.845. The standard InChI is InChI=1S/C18H20F2N2O5S/c1-5-28(24,25)22(2)14-10-16(27-4)15(26-3)9-11(14)18(23)21-17-12(19)7-6-8-13(17)20/h6-10H,5H2,1-4H3,(H,21,23). The van der Waals surface area contributed by atoms with Crippen LogP contribution in [-0.4, -0.2) is 41.3 Å². The van der Waals surface area contributed by atoms with Gasteiger partial charge in [-0.15, -0.1) is 0 Å². The van der Waals surface area contributed by atoms with Gasteiger partial charge in [0.15, 0.2) is 11.5 Å². The Hall–Kier alpha value is -2.88. The van der Waals surface area contributed by atoms with E-state index in [9.17, 15) is 22.0 Å². The third-order valence-electron chi connectivity index (χ3n) is 4.07. The van der Waals surface area contributed by atoms with E-state index in [-0.39, 0.29) is 28.5 Å². The molecule has 0 saturated heterocycles. The van der Waals surface area contributed by atoms with Gasteiger partial charge in [-0.1, -0.05) is 6.07 Å². The largest absolute Gasteiger partial charge is 0.493 e. The van der Waals surface area contributed by atoms with Crippen molar-refractivity contribution in [3.63, 3.8) is 0 Å². The molecule has 1 N–H and O–H groups in total. The van der Waals surface area contributed by atoms with Gasteiger partial charge in [0, 0.05) is 13.1 Å². The molecular weight excluding hydrogens is 394 g/mol. The van der Waals surface area contributed by atoms with Crippen molar-refractivity contribution in [1.29, 1.82) is 0 Å². The maximum absolute atomic E-state index is 13.9. The zero-order valence-corrected chi connectivity index (χ0v) is 16.6. The van der Waals surface area contributed by atoms with Gasteiger partial charge in [0.25, 0.3) is 5.91 Å². The molecule has 152 valence electrons. The van der Waals surface area contributed by atoms with Crippen molar-refractivity contribution in [2.45, 2.75) is 6.92 Å². The normalized spacial score (nSPS) is 11.1. The van der Waals surface area contributed by atoms with Crippen molar-refractivity contribution < 1.29 is 31.5 Å². The Kier molecular flexibility index (Phi) is 6.45. The van der Waals surface area contributed by atoms with E-state index < -0.39 is 33.3 Å². The molecule has 1 amide bonds. The zero-order chi connectivity index (χ0) is 21.1. The zero-order valence-electron chi connectivity index (χ0n) is 15.7. The monoisotopic (exact) mass is 414 g/mol. The molecule has 0 bridgehead atoms. The van der Waals surface area contributed by atoms with Crippen LogP contribution in [0.3, 0.4) is 0 Å². The summed E-state index contributed by atoms with van der Waals surface area (Å²) in [4.78, 5) is 12.8. The van der Waals surface area contributed by atoms with Crippen molar-refractivity contribution in [3.8, 4) is 11.5 Å². The molecule has 2 aromatic carbocycles. The number of benzene rings is 2. The number of amides is 1. The first-order valence-corrected chi connectivity index (χ1v) is 9.75. The van der Waals surface area contributed by atoms with Crippen molar-refractivity contribution >= 4 is 27.3 Å². The van der Waals surface area contributed by atoms with Crippen molar-refractivity contribution in [2.24, 2.45) is 0 Å². The molecule has 0 aliphatic carbocycles. The minimum atomic E-state index is -3.73. The number of anilines is 2. The van der Waals surface area contributed by atoms with Gasteiger partial charge in [-0.25, -0.2) is 17.2 Å². The number of hydrogen-bond acceptors (Lipinski definition) is 5. The summed E-state index contributed by atoms with van der Waals surface area (Å²) >= 11 is 0. The Morgan fingerprint density at radius 2 is 1.64 bits per heavy atom. The third kappa shape index (κ3) is 4.16. The first kappa shape index (κ1) is 21.4. The smallest absolute Gasteiger partial charge is 0.258 e. The molecule has 0 saturated carbocycles. The third-order valence-corrected chi connectivity index (χ3v) is 5.83. The maximum atomic E-state index is 13.9. The molecule has 0 unspecified atom stereocenters. The van der Waals surface area contributed by atoms with Crippen LogP contribution in [0.2, 0.25) is 0 Å². The number of sulfonamides is 1. The minimum Gasteiger partial charge on any atom is -0.493 e. The van der Waals surface area contributed by atoms with E-state index in [0.717, 1.165) is 22.5 Å². The Labute approximate surface area is 161 Å². The lowest BCUT2D eigenvalue weighted by molar-refractivity contribution is 0.102. The molecule has 0 radical (unpaired) electrons. The summed E-state index contributed by atoms with van der Waals surface area (Å²) in [5, 5.41) is 2.14. The van der Waals surface area contributed by atoms with Crippen LogP contribution in [0.25, 0.3) is 0 Å². The minimum absolute atomic E-state index is 0.0336. The first-order chi connectivity index (χ1) is 13.2. The van der Waals surface area contributed by atoms with E-state index in [1.807, 2.05) is 0 Å². The molecule has 0 heterocycles. The fourth-order valence-corrected chi connectivity index (χ4v) is 3.29. The molecule has 0 spiro atoms. The molecule has 0 aromatic heterocycles. The maximum Gasteiger partial charge on any atom is 0.258 e. The number of carbonyl (C=O) groups excluding carboxylic acids is 1. The fourth-order valence-electron chi connectivity index (χ4n) is 2.45. The van der Waals surface area contributed by atoms with Gasteiger partial charge in [0.2, 0.25) is 10.0 Å². The number of carbonyl (C=O) groups is 1. The van der Waals surface area contributed by atoms with Crippen LogP contribution in [0.5, 0.6) is 11.5 Å². The van der Waals surface area contributed by atoms with Crippen LogP contribution in [0.4, 0.5) is 20.2 Å². The quantitative estimate of drug-likeness (QED) is 0.753. The molecule has 2 aromatic rings. The molecule has 10 heteroatoms. The van der Waals surface area contributed by atoms with E-state index in [1.165, 1.54) is 40.3 Å². The summed E-state index contributed by atoms with van der Waals surface area (Å²) in [6.45, 7) is 1.45. The van der Waals surface area contributed by atoms with Crippen LogP contribution < -0.4 is 19.1 Å². The lowest BCUT2D eigenvalue weighted by Gasteiger charge is -2.23. The van der Waals surface area contributed by atoms with Gasteiger partial charge in [-0.2, -0.15) is 0 Å². The number of nitrogens with one attached hydrogen (secondary N) is 1. The van der Waals surface area contributed by atoms with Gasteiger partial charge >= 0.3 is 0 Å². The molecule has 0 atom stereocenters. The van der Waals surface area contributed by atoms with Gasteiger partial charge in [0.05, 0.1) is 31.2 Å². The van der Waals surface area contributed by atoms with Crippen LogP contribution in [0.1, 0.15) is 17.3 Å². The number of halogens is 2. The predicted molar refractivity (Wildman–Crippen MR) is 102 cm³/mol. The summed E-state index contributed by atoms with van der Waals surface area (Å²) in [6.07, 6.45) is 0. The van der Waals surface area contributed by atoms with E-state index in [0.29, 0.717) is 0 Å². The van der Waals surface area contributed by atoms with Gasteiger partial charge in [-0.05, 0) is 25.1 Å². The second-order valence-electron chi connectivity index (χ2n) is 5.64. The summed E-state index contributed by atoms with van der Waals surface area (Å²) in [6, 6.07) is 5.68. The van der Waals surface area contributed by atoms with E-state index >= 15 is 0 Å². The molecular formula is C18H20F2N2O5S. The topological polar surface area (TPSA) is 84.9 Å². The second-order valence-corrected chi connectivity index (χ2v) is 7.93. The lowest BCUT2D eigenvalue weighted by Crippen LogP contribution is -2.30. The number of para-hydroxylation sites is 1. The number of hydrogen-bond donors (Lipinski definition) is 1.